The molecule has 1 aliphatic heterocycles. The Balaban J connectivity index is 1.31. The van der Waals surface area contributed by atoms with Gasteiger partial charge in [-0.15, -0.1) is 0 Å². The first kappa shape index (κ1) is 16.3. The van der Waals surface area contributed by atoms with Crippen LogP contribution in [0.15, 0.2) is 65.7 Å². The summed E-state index contributed by atoms with van der Waals surface area (Å²) in [6.07, 6.45) is 2.49. The highest BCUT2D eigenvalue weighted by molar-refractivity contribution is 5.98. The van der Waals surface area contributed by atoms with Gasteiger partial charge in [-0.1, -0.05) is 24.3 Å². The van der Waals surface area contributed by atoms with Crippen molar-refractivity contribution in [3.05, 3.63) is 71.8 Å². The normalized spacial score (nSPS) is 12.7. The second-order valence-corrected chi connectivity index (χ2v) is 6.54. The first-order chi connectivity index (χ1) is 12.7. The van der Waals surface area contributed by atoms with Crippen molar-refractivity contribution in [3.63, 3.8) is 0 Å². The predicted octanol–water partition coefficient (Wildman–Crippen LogP) is 4.69. The second kappa shape index (κ2) is 7.00. The van der Waals surface area contributed by atoms with Crippen LogP contribution < -0.4 is 5.73 Å². The van der Waals surface area contributed by atoms with Crippen molar-refractivity contribution in [2.75, 3.05) is 12.3 Å². The second-order valence-electron chi connectivity index (χ2n) is 6.54. The molecule has 0 radical (unpaired) electrons. The van der Waals surface area contributed by atoms with Crippen molar-refractivity contribution < 1.29 is 9.53 Å². The Morgan fingerprint density at radius 3 is 2.54 bits per heavy atom. The van der Waals surface area contributed by atoms with Gasteiger partial charge < -0.3 is 10.5 Å². The summed E-state index contributed by atoms with van der Waals surface area (Å²) in [4.78, 5) is 16.7. The van der Waals surface area contributed by atoms with Crippen molar-refractivity contribution >= 4 is 33.8 Å². The minimum Gasteiger partial charge on any atom is -0.462 e. The molecule has 0 aromatic heterocycles. The Labute approximate surface area is 152 Å². The third-order valence-corrected chi connectivity index (χ3v) is 4.61. The van der Waals surface area contributed by atoms with Crippen molar-refractivity contribution in [2.45, 2.75) is 19.3 Å². The van der Waals surface area contributed by atoms with Crippen molar-refractivity contribution in [2.24, 2.45) is 4.99 Å². The molecule has 4 rings (SSSR count). The van der Waals surface area contributed by atoms with Crippen LogP contribution in [0.4, 0.5) is 11.4 Å². The number of nitrogens with zero attached hydrogens (tertiary/aromatic N) is 1. The van der Waals surface area contributed by atoms with E-state index in [1.54, 1.807) is 24.3 Å². The number of ether oxygens (including phenoxy) is 1. The van der Waals surface area contributed by atoms with E-state index in [4.69, 9.17) is 15.5 Å². The number of carbonyl (C=O) groups is 1. The fourth-order valence-corrected chi connectivity index (χ4v) is 3.24. The molecule has 0 aliphatic carbocycles. The molecule has 26 heavy (non-hydrogen) atoms. The van der Waals surface area contributed by atoms with E-state index in [0.29, 0.717) is 17.9 Å². The van der Waals surface area contributed by atoms with Crippen LogP contribution in [0, 0.1) is 0 Å². The van der Waals surface area contributed by atoms with Crippen LogP contribution >= 0.6 is 0 Å². The zero-order chi connectivity index (χ0) is 17.9. The Bertz CT molecular complexity index is 991. The zero-order valence-corrected chi connectivity index (χ0v) is 14.4. The highest BCUT2D eigenvalue weighted by Gasteiger charge is 2.15. The number of benzene rings is 3. The molecule has 0 bridgehead atoms. The summed E-state index contributed by atoms with van der Waals surface area (Å²) in [5.41, 5.74) is 10.3. The quantitative estimate of drug-likeness (QED) is 0.415. The zero-order valence-electron chi connectivity index (χ0n) is 14.4. The van der Waals surface area contributed by atoms with E-state index in [1.807, 2.05) is 6.07 Å². The maximum Gasteiger partial charge on any atom is 0.338 e. The van der Waals surface area contributed by atoms with Crippen LogP contribution in [0.5, 0.6) is 0 Å². The molecule has 0 unspecified atom stereocenters. The maximum atomic E-state index is 12.0. The Morgan fingerprint density at radius 2 is 1.77 bits per heavy atom. The molecule has 0 amide bonds. The van der Waals surface area contributed by atoms with Gasteiger partial charge in [-0.3, -0.25) is 4.99 Å². The van der Waals surface area contributed by atoms with E-state index in [-0.39, 0.29) is 5.97 Å². The average molecular weight is 344 g/mol. The summed E-state index contributed by atoms with van der Waals surface area (Å²) in [6.45, 7) is 0.389. The monoisotopic (exact) mass is 344 g/mol. The number of hydrogen-bond acceptors (Lipinski definition) is 4. The molecule has 2 N–H and O–H groups in total. The average Bonchev–Trinajstić information content (AvgIpc) is 3.05. The molecule has 0 atom stereocenters. The smallest absolute Gasteiger partial charge is 0.338 e. The van der Waals surface area contributed by atoms with E-state index >= 15 is 0 Å². The Morgan fingerprint density at radius 1 is 1.04 bits per heavy atom. The number of anilines is 1. The maximum absolute atomic E-state index is 12.0. The van der Waals surface area contributed by atoms with Crippen molar-refractivity contribution in [3.8, 4) is 0 Å². The lowest BCUT2D eigenvalue weighted by Gasteiger charge is -2.05. The van der Waals surface area contributed by atoms with Gasteiger partial charge in [0.1, 0.15) is 0 Å². The standard InChI is InChI=1S/C22H20N2O2/c23-19-9-7-15(8-10-19)22(25)26-11-3-6-20-13-18-12-16-4-1-2-5-17(16)14-21(18)24-20/h1-2,4-5,7-10,12,14H,3,6,11,13,23H2. The number of aliphatic imine (C=N–C) groups is 1. The fraction of sp³-hybridized carbons (Fsp3) is 0.182. The molecule has 4 heteroatoms. The minimum atomic E-state index is -0.312. The van der Waals surface area contributed by atoms with Gasteiger partial charge >= 0.3 is 5.97 Å². The highest BCUT2D eigenvalue weighted by atomic mass is 16.5. The lowest BCUT2D eigenvalue weighted by Crippen LogP contribution is -2.08. The molecule has 0 spiro atoms. The molecule has 4 nitrogen and oxygen atoms in total. The first-order valence-electron chi connectivity index (χ1n) is 8.80. The summed E-state index contributed by atoms with van der Waals surface area (Å²) in [7, 11) is 0. The summed E-state index contributed by atoms with van der Waals surface area (Å²) in [5, 5.41) is 2.47. The summed E-state index contributed by atoms with van der Waals surface area (Å²) in [5.74, 6) is -0.312. The highest BCUT2D eigenvalue weighted by Crippen LogP contribution is 2.32. The van der Waals surface area contributed by atoms with Crippen LogP contribution in [0.25, 0.3) is 10.8 Å². The van der Waals surface area contributed by atoms with Gasteiger partial charge in [0.2, 0.25) is 0 Å². The Hall–Kier alpha value is -3.14. The SMILES string of the molecule is Nc1ccc(C(=O)OCCCC2=Nc3cc4ccccc4cc3C2)cc1. The van der Waals surface area contributed by atoms with Gasteiger partial charge in [-0.2, -0.15) is 0 Å². The lowest BCUT2D eigenvalue weighted by atomic mass is 10.0. The number of fused-ring (bicyclic) bond motifs is 2. The van der Waals surface area contributed by atoms with E-state index in [2.05, 4.69) is 30.3 Å². The van der Waals surface area contributed by atoms with E-state index < -0.39 is 0 Å². The molecule has 3 aromatic rings. The minimum absolute atomic E-state index is 0.312. The number of rotatable bonds is 5. The molecular formula is C22H20N2O2. The summed E-state index contributed by atoms with van der Waals surface area (Å²) in [6, 6.07) is 19.5. The number of carbonyl (C=O) groups excluding carboxylic acids is 1. The largest absolute Gasteiger partial charge is 0.462 e. The number of nitrogens with two attached hydrogens (primary N) is 1. The number of hydrogen-bond donors (Lipinski definition) is 1. The van der Waals surface area contributed by atoms with Gasteiger partial charge in [-0.05, 0) is 65.6 Å². The molecule has 0 saturated heterocycles. The van der Waals surface area contributed by atoms with Crippen molar-refractivity contribution in [1.29, 1.82) is 0 Å². The van der Waals surface area contributed by atoms with Gasteiger partial charge in [-0.25, -0.2) is 4.79 Å². The molecule has 0 saturated carbocycles. The molecular weight excluding hydrogens is 324 g/mol. The summed E-state index contributed by atoms with van der Waals surface area (Å²) >= 11 is 0. The summed E-state index contributed by atoms with van der Waals surface area (Å²) < 4.78 is 5.33. The van der Waals surface area contributed by atoms with Crippen LogP contribution in [0.2, 0.25) is 0 Å². The molecule has 1 heterocycles. The predicted molar refractivity (Wildman–Crippen MR) is 105 cm³/mol. The van der Waals surface area contributed by atoms with Crippen LogP contribution in [0.1, 0.15) is 28.8 Å². The first-order valence-corrected chi connectivity index (χ1v) is 8.80. The van der Waals surface area contributed by atoms with E-state index in [1.165, 1.54) is 16.3 Å². The van der Waals surface area contributed by atoms with Gasteiger partial charge in [0, 0.05) is 17.8 Å². The third kappa shape index (κ3) is 3.45. The van der Waals surface area contributed by atoms with Gasteiger partial charge in [0.15, 0.2) is 0 Å². The van der Waals surface area contributed by atoms with Gasteiger partial charge in [0.05, 0.1) is 17.9 Å². The van der Waals surface area contributed by atoms with Crippen LogP contribution in [-0.2, 0) is 11.2 Å². The molecule has 130 valence electrons. The number of esters is 1. The Kier molecular flexibility index (Phi) is 4.40. The fourth-order valence-electron chi connectivity index (χ4n) is 3.24. The molecule has 0 fully saturated rings. The molecule has 3 aromatic carbocycles. The van der Waals surface area contributed by atoms with Crippen LogP contribution in [0.3, 0.4) is 0 Å². The number of nitrogen functional groups attached to an aromatic ring is 1. The van der Waals surface area contributed by atoms with Gasteiger partial charge in [0.25, 0.3) is 0 Å². The van der Waals surface area contributed by atoms with E-state index in [9.17, 15) is 4.79 Å². The van der Waals surface area contributed by atoms with E-state index in [0.717, 1.165) is 30.7 Å². The lowest BCUT2D eigenvalue weighted by molar-refractivity contribution is 0.0502. The van der Waals surface area contributed by atoms with Crippen molar-refractivity contribution in [1.82, 2.24) is 0 Å². The third-order valence-electron chi connectivity index (χ3n) is 4.61. The topological polar surface area (TPSA) is 64.7 Å². The molecule has 1 aliphatic rings. The van der Waals surface area contributed by atoms with Crippen LogP contribution in [-0.4, -0.2) is 18.3 Å².